The normalized spacial score (nSPS) is 10.3. The van der Waals surface area contributed by atoms with Crippen molar-refractivity contribution in [1.29, 1.82) is 0 Å². The third-order valence-corrected chi connectivity index (χ3v) is 2.75. The SMILES string of the molecule is Cc1c(O)ccc(C(=O)c2ccc(F)cc2)c1O. The fourth-order valence-corrected chi connectivity index (χ4v) is 1.63. The molecular formula is C14H11FO3. The van der Waals surface area contributed by atoms with E-state index in [0.29, 0.717) is 0 Å². The maximum atomic E-state index is 12.8. The maximum Gasteiger partial charge on any atom is 0.196 e. The minimum Gasteiger partial charge on any atom is -0.508 e. The van der Waals surface area contributed by atoms with Gasteiger partial charge < -0.3 is 10.2 Å². The largest absolute Gasteiger partial charge is 0.508 e. The molecule has 0 saturated heterocycles. The molecular weight excluding hydrogens is 235 g/mol. The molecule has 0 saturated carbocycles. The van der Waals surface area contributed by atoms with Crippen LogP contribution >= 0.6 is 0 Å². The first-order valence-electron chi connectivity index (χ1n) is 5.32. The number of hydrogen-bond acceptors (Lipinski definition) is 3. The van der Waals surface area contributed by atoms with Crippen molar-refractivity contribution in [2.24, 2.45) is 0 Å². The Labute approximate surface area is 103 Å². The summed E-state index contributed by atoms with van der Waals surface area (Å²) in [4.78, 5) is 12.1. The average Bonchev–Trinajstić information content (AvgIpc) is 2.36. The van der Waals surface area contributed by atoms with Crippen molar-refractivity contribution in [1.82, 2.24) is 0 Å². The molecule has 0 fully saturated rings. The van der Waals surface area contributed by atoms with Crippen molar-refractivity contribution in [3.05, 3.63) is 58.9 Å². The zero-order chi connectivity index (χ0) is 13.3. The van der Waals surface area contributed by atoms with E-state index >= 15 is 0 Å². The van der Waals surface area contributed by atoms with E-state index in [0.717, 1.165) is 0 Å². The summed E-state index contributed by atoms with van der Waals surface area (Å²) in [5, 5.41) is 19.2. The van der Waals surface area contributed by atoms with E-state index < -0.39 is 11.6 Å². The van der Waals surface area contributed by atoms with Gasteiger partial charge in [0.25, 0.3) is 0 Å². The van der Waals surface area contributed by atoms with Crippen LogP contribution in [0.15, 0.2) is 36.4 Å². The molecule has 0 aliphatic carbocycles. The van der Waals surface area contributed by atoms with E-state index in [4.69, 9.17) is 0 Å². The van der Waals surface area contributed by atoms with Crippen molar-refractivity contribution in [2.75, 3.05) is 0 Å². The van der Waals surface area contributed by atoms with Gasteiger partial charge in [0.2, 0.25) is 0 Å². The van der Waals surface area contributed by atoms with Crippen LogP contribution in [0.4, 0.5) is 4.39 Å². The van der Waals surface area contributed by atoms with Gasteiger partial charge in [-0.15, -0.1) is 0 Å². The van der Waals surface area contributed by atoms with Gasteiger partial charge in [0.1, 0.15) is 17.3 Å². The molecule has 0 heterocycles. The highest BCUT2D eigenvalue weighted by Gasteiger charge is 2.16. The number of carbonyl (C=O) groups is 1. The Balaban J connectivity index is 2.46. The summed E-state index contributed by atoms with van der Waals surface area (Å²) in [5.41, 5.74) is 0.594. The van der Waals surface area contributed by atoms with Gasteiger partial charge in [-0.3, -0.25) is 4.79 Å². The number of hydrogen-bond donors (Lipinski definition) is 2. The van der Waals surface area contributed by atoms with E-state index in [-0.39, 0.29) is 28.2 Å². The van der Waals surface area contributed by atoms with Crippen LogP contribution in [0.5, 0.6) is 11.5 Å². The van der Waals surface area contributed by atoms with Gasteiger partial charge in [0.15, 0.2) is 5.78 Å². The molecule has 2 N–H and O–H groups in total. The van der Waals surface area contributed by atoms with Crippen LogP contribution in [0.1, 0.15) is 21.5 Å². The molecule has 0 bridgehead atoms. The number of rotatable bonds is 2. The predicted molar refractivity (Wildman–Crippen MR) is 64.3 cm³/mol. The number of carbonyl (C=O) groups excluding carboxylic acids is 1. The second kappa shape index (κ2) is 4.49. The Morgan fingerprint density at radius 3 is 2.28 bits per heavy atom. The van der Waals surface area contributed by atoms with Gasteiger partial charge in [-0.25, -0.2) is 4.39 Å². The van der Waals surface area contributed by atoms with E-state index in [9.17, 15) is 19.4 Å². The lowest BCUT2D eigenvalue weighted by molar-refractivity contribution is 0.103. The van der Waals surface area contributed by atoms with Crippen molar-refractivity contribution in [2.45, 2.75) is 6.92 Å². The smallest absolute Gasteiger partial charge is 0.196 e. The zero-order valence-corrected chi connectivity index (χ0v) is 9.64. The third-order valence-electron chi connectivity index (χ3n) is 2.75. The van der Waals surface area contributed by atoms with Crippen molar-refractivity contribution in [3.8, 4) is 11.5 Å². The second-order valence-corrected chi connectivity index (χ2v) is 3.94. The first-order chi connectivity index (χ1) is 8.50. The summed E-state index contributed by atoms with van der Waals surface area (Å²) in [7, 11) is 0. The summed E-state index contributed by atoms with van der Waals surface area (Å²) in [6, 6.07) is 7.73. The Bertz CT molecular complexity index is 603. The fourth-order valence-electron chi connectivity index (χ4n) is 1.63. The minimum atomic E-state index is -0.433. The van der Waals surface area contributed by atoms with E-state index in [1.54, 1.807) is 0 Å². The van der Waals surface area contributed by atoms with Gasteiger partial charge in [0, 0.05) is 11.1 Å². The summed E-state index contributed by atoms with van der Waals surface area (Å²) in [6.45, 7) is 1.51. The molecule has 2 aromatic rings. The molecule has 3 nitrogen and oxygen atoms in total. The molecule has 0 aliphatic rings. The number of ketones is 1. The predicted octanol–water partition coefficient (Wildman–Crippen LogP) is 2.78. The molecule has 0 amide bonds. The number of aromatic hydroxyl groups is 2. The van der Waals surface area contributed by atoms with Crippen LogP contribution in [-0.2, 0) is 0 Å². The molecule has 2 rings (SSSR count). The number of phenolic OH excluding ortho intramolecular Hbond substituents is 2. The number of phenols is 2. The molecule has 92 valence electrons. The molecule has 0 spiro atoms. The maximum absolute atomic E-state index is 12.8. The van der Waals surface area contributed by atoms with Gasteiger partial charge >= 0.3 is 0 Å². The lowest BCUT2D eigenvalue weighted by atomic mass is 10.00. The molecule has 0 atom stereocenters. The fraction of sp³-hybridized carbons (Fsp3) is 0.0714. The van der Waals surface area contributed by atoms with Crippen molar-refractivity contribution < 1.29 is 19.4 Å². The Hall–Kier alpha value is -2.36. The van der Waals surface area contributed by atoms with Gasteiger partial charge in [-0.2, -0.15) is 0 Å². The standard InChI is InChI=1S/C14H11FO3/c1-8-12(16)7-6-11(13(8)17)14(18)9-2-4-10(15)5-3-9/h2-7,16-17H,1H3. The highest BCUT2D eigenvalue weighted by atomic mass is 19.1. The summed E-state index contributed by atoms with van der Waals surface area (Å²) >= 11 is 0. The molecule has 0 unspecified atom stereocenters. The first-order valence-corrected chi connectivity index (χ1v) is 5.32. The summed E-state index contributed by atoms with van der Waals surface area (Å²) < 4.78 is 12.8. The van der Waals surface area contributed by atoms with Crippen molar-refractivity contribution in [3.63, 3.8) is 0 Å². The molecule has 0 aromatic heterocycles. The molecule has 4 heteroatoms. The van der Waals surface area contributed by atoms with E-state index in [2.05, 4.69) is 0 Å². The molecule has 2 aromatic carbocycles. The lowest BCUT2D eigenvalue weighted by Crippen LogP contribution is -2.02. The van der Waals surface area contributed by atoms with Crippen LogP contribution < -0.4 is 0 Å². The summed E-state index contributed by atoms with van der Waals surface area (Å²) in [5.74, 6) is -1.19. The average molecular weight is 246 g/mol. The quantitative estimate of drug-likeness (QED) is 0.801. The lowest BCUT2D eigenvalue weighted by Gasteiger charge is -2.08. The molecule has 18 heavy (non-hydrogen) atoms. The summed E-state index contributed by atoms with van der Waals surface area (Å²) in [6.07, 6.45) is 0. The van der Waals surface area contributed by atoms with E-state index in [1.165, 1.54) is 43.3 Å². The van der Waals surface area contributed by atoms with Gasteiger partial charge in [-0.05, 0) is 43.3 Å². The second-order valence-electron chi connectivity index (χ2n) is 3.94. The zero-order valence-electron chi connectivity index (χ0n) is 9.64. The number of halogens is 1. The van der Waals surface area contributed by atoms with Crippen LogP contribution in [0.25, 0.3) is 0 Å². The third kappa shape index (κ3) is 2.05. The van der Waals surface area contributed by atoms with Gasteiger partial charge in [0.05, 0.1) is 5.56 Å². The topological polar surface area (TPSA) is 57.5 Å². The highest BCUT2D eigenvalue weighted by Crippen LogP contribution is 2.30. The Morgan fingerprint density at radius 1 is 1.06 bits per heavy atom. The van der Waals surface area contributed by atoms with Gasteiger partial charge in [-0.1, -0.05) is 0 Å². The molecule has 0 radical (unpaired) electrons. The Kier molecular flexibility index (Phi) is 3.02. The highest BCUT2D eigenvalue weighted by molar-refractivity contribution is 6.11. The van der Waals surface area contributed by atoms with Crippen molar-refractivity contribution >= 4 is 5.78 Å². The van der Waals surface area contributed by atoms with Crippen LogP contribution in [0, 0.1) is 12.7 Å². The van der Waals surface area contributed by atoms with Crippen LogP contribution in [-0.4, -0.2) is 16.0 Å². The molecule has 0 aliphatic heterocycles. The number of benzene rings is 2. The Morgan fingerprint density at radius 2 is 1.67 bits per heavy atom. The van der Waals surface area contributed by atoms with Crippen LogP contribution in [0.2, 0.25) is 0 Å². The minimum absolute atomic E-state index is 0.0804. The van der Waals surface area contributed by atoms with E-state index in [1.807, 2.05) is 0 Å². The van der Waals surface area contributed by atoms with Crippen LogP contribution in [0.3, 0.4) is 0 Å². The monoisotopic (exact) mass is 246 g/mol. The first kappa shape index (κ1) is 12.1.